The van der Waals surface area contributed by atoms with Crippen molar-refractivity contribution >= 4 is 23.1 Å². The Kier molecular flexibility index (Phi) is 4.31. The first-order chi connectivity index (χ1) is 8.79. The van der Waals surface area contributed by atoms with E-state index < -0.39 is 0 Å². The molecule has 1 N–H and O–H groups in total. The molecule has 0 amide bonds. The zero-order valence-electron chi connectivity index (χ0n) is 10.1. The van der Waals surface area contributed by atoms with E-state index in [0.29, 0.717) is 0 Å². The van der Waals surface area contributed by atoms with E-state index in [-0.39, 0.29) is 0 Å². The fraction of sp³-hybridized carbons (Fsp3) is 0.143. The molecule has 2 aromatic rings. The van der Waals surface area contributed by atoms with Crippen LogP contribution in [0.3, 0.4) is 0 Å². The van der Waals surface area contributed by atoms with Crippen LogP contribution in [0.2, 0.25) is 5.02 Å². The smallest absolute Gasteiger partial charge is 0.146 e. The zero-order valence-corrected chi connectivity index (χ0v) is 10.9. The van der Waals surface area contributed by atoms with Gasteiger partial charge >= 0.3 is 0 Å². The number of pyridine rings is 1. The third kappa shape index (κ3) is 3.31. The molecule has 0 fully saturated rings. The Morgan fingerprint density at radius 2 is 2.00 bits per heavy atom. The molecule has 3 nitrogen and oxygen atoms in total. The van der Waals surface area contributed by atoms with Crippen molar-refractivity contribution in [2.45, 2.75) is 13.3 Å². The number of rotatable bonds is 4. The van der Waals surface area contributed by atoms with E-state index in [9.17, 15) is 0 Å². The number of halogens is 1. The van der Waals surface area contributed by atoms with E-state index >= 15 is 0 Å². The van der Waals surface area contributed by atoms with Crippen LogP contribution in [0.5, 0.6) is 0 Å². The molecule has 0 unspecified atom stereocenters. The predicted octanol–water partition coefficient (Wildman–Crippen LogP) is 3.96. The van der Waals surface area contributed by atoms with Crippen LogP contribution in [0, 0.1) is 0 Å². The summed E-state index contributed by atoms with van der Waals surface area (Å²) in [6.45, 7) is 2.06. The summed E-state index contributed by atoms with van der Waals surface area (Å²) in [4.78, 5) is 4.15. The number of hydrogen-bond acceptors (Lipinski definition) is 3. The fourth-order valence-corrected chi connectivity index (χ4v) is 1.67. The number of hydrogen-bond donors (Lipinski definition) is 1. The van der Waals surface area contributed by atoms with Gasteiger partial charge in [-0.05, 0) is 36.2 Å². The topological polar surface area (TPSA) is 37.3 Å². The molecule has 1 aromatic carbocycles. The average molecular weight is 260 g/mol. The second-order valence-electron chi connectivity index (χ2n) is 3.75. The molecule has 0 radical (unpaired) electrons. The van der Waals surface area contributed by atoms with Crippen LogP contribution < -0.4 is 5.43 Å². The number of hydrazone groups is 1. The van der Waals surface area contributed by atoms with Gasteiger partial charge in [0.15, 0.2) is 0 Å². The molecule has 0 aliphatic carbocycles. The van der Waals surface area contributed by atoms with Gasteiger partial charge in [-0.1, -0.05) is 36.7 Å². The largest absolute Gasteiger partial charge is 0.261 e. The Morgan fingerprint density at radius 3 is 2.61 bits per heavy atom. The third-order valence-corrected chi connectivity index (χ3v) is 2.73. The van der Waals surface area contributed by atoms with Gasteiger partial charge in [0.25, 0.3) is 0 Å². The highest BCUT2D eigenvalue weighted by molar-refractivity contribution is 6.30. The van der Waals surface area contributed by atoms with Crippen LogP contribution in [0.4, 0.5) is 5.82 Å². The first-order valence-corrected chi connectivity index (χ1v) is 6.17. The Hall–Kier alpha value is -1.87. The van der Waals surface area contributed by atoms with Gasteiger partial charge < -0.3 is 0 Å². The highest BCUT2D eigenvalue weighted by Gasteiger charge is 2.01. The highest BCUT2D eigenvalue weighted by Crippen LogP contribution is 2.12. The SMILES string of the molecule is CC/C(=N/Nc1ccccn1)c1ccc(Cl)cc1. The van der Waals surface area contributed by atoms with Crippen LogP contribution >= 0.6 is 11.6 Å². The molecule has 0 atom stereocenters. The van der Waals surface area contributed by atoms with Crippen LogP contribution in [-0.2, 0) is 0 Å². The summed E-state index contributed by atoms with van der Waals surface area (Å²) in [7, 11) is 0. The van der Waals surface area contributed by atoms with Crippen molar-refractivity contribution in [3.63, 3.8) is 0 Å². The van der Waals surface area contributed by atoms with Crippen LogP contribution in [0.1, 0.15) is 18.9 Å². The normalized spacial score (nSPS) is 11.3. The van der Waals surface area contributed by atoms with Crippen molar-refractivity contribution in [2.24, 2.45) is 5.10 Å². The number of aromatic nitrogens is 1. The van der Waals surface area contributed by atoms with Crippen molar-refractivity contribution < 1.29 is 0 Å². The lowest BCUT2D eigenvalue weighted by atomic mass is 10.1. The number of nitrogens with zero attached hydrogens (tertiary/aromatic N) is 2. The van der Waals surface area contributed by atoms with Crippen LogP contribution in [0.15, 0.2) is 53.8 Å². The van der Waals surface area contributed by atoms with Crippen molar-refractivity contribution in [1.82, 2.24) is 4.98 Å². The molecule has 0 bridgehead atoms. The molecule has 0 aliphatic rings. The molecular weight excluding hydrogens is 246 g/mol. The molecule has 0 spiro atoms. The summed E-state index contributed by atoms with van der Waals surface area (Å²) >= 11 is 5.87. The first-order valence-electron chi connectivity index (χ1n) is 5.79. The lowest BCUT2D eigenvalue weighted by Crippen LogP contribution is -2.03. The summed E-state index contributed by atoms with van der Waals surface area (Å²) in [5.74, 6) is 0.734. The monoisotopic (exact) mass is 259 g/mol. The van der Waals surface area contributed by atoms with E-state index in [1.807, 2.05) is 42.5 Å². The molecular formula is C14H14ClN3. The maximum absolute atomic E-state index is 5.87. The molecule has 0 saturated carbocycles. The standard InChI is InChI=1S/C14H14ClN3/c1-2-13(11-6-8-12(15)9-7-11)17-18-14-5-3-4-10-16-14/h3-10H,2H2,1H3,(H,16,18)/b17-13-. The molecule has 92 valence electrons. The molecule has 1 heterocycles. The summed E-state index contributed by atoms with van der Waals surface area (Å²) in [5, 5.41) is 5.10. The number of benzene rings is 1. The van der Waals surface area contributed by atoms with E-state index in [4.69, 9.17) is 11.6 Å². The van der Waals surface area contributed by atoms with Gasteiger partial charge in [-0.2, -0.15) is 5.10 Å². The molecule has 2 rings (SSSR count). The predicted molar refractivity (Wildman–Crippen MR) is 76.1 cm³/mol. The highest BCUT2D eigenvalue weighted by atomic mass is 35.5. The second-order valence-corrected chi connectivity index (χ2v) is 4.18. The van der Waals surface area contributed by atoms with Gasteiger partial charge in [-0.3, -0.25) is 5.43 Å². The maximum atomic E-state index is 5.87. The van der Waals surface area contributed by atoms with Crippen molar-refractivity contribution in [3.05, 3.63) is 59.2 Å². The Bertz CT molecular complexity index is 520. The van der Waals surface area contributed by atoms with E-state index in [1.54, 1.807) is 6.20 Å². The lowest BCUT2D eigenvalue weighted by molar-refractivity contribution is 1.18. The number of anilines is 1. The molecule has 0 saturated heterocycles. The van der Waals surface area contributed by atoms with Gasteiger partial charge in [0.2, 0.25) is 0 Å². The minimum atomic E-state index is 0.729. The summed E-state index contributed by atoms with van der Waals surface area (Å²) in [6, 6.07) is 13.3. The van der Waals surface area contributed by atoms with Gasteiger partial charge in [0, 0.05) is 11.2 Å². The molecule has 1 aromatic heterocycles. The van der Waals surface area contributed by atoms with Gasteiger partial charge in [-0.25, -0.2) is 4.98 Å². The van der Waals surface area contributed by atoms with Crippen molar-refractivity contribution in [2.75, 3.05) is 5.43 Å². The lowest BCUT2D eigenvalue weighted by Gasteiger charge is -2.05. The summed E-state index contributed by atoms with van der Waals surface area (Å²) < 4.78 is 0. The molecule has 0 aliphatic heterocycles. The third-order valence-electron chi connectivity index (χ3n) is 2.48. The zero-order chi connectivity index (χ0) is 12.8. The second kappa shape index (κ2) is 6.17. The minimum Gasteiger partial charge on any atom is -0.261 e. The summed E-state index contributed by atoms with van der Waals surface area (Å²) in [5.41, 5.74) is 4.98. The Balaban J connectivity index is 2.16. The summed E-state index contributed by atoms with van der Waals surface area (Å²) in [6.07, 6.45) is 2.56. The molecule has 18 heavy (non-hydrogen) atoms. The van der Waals surface area contributed by atoms with Crippen LogP contribution in [-0.4, -0.2) is 10.7 Å². The van der Waals surface area contributed by atoms with E-state index in [2.05, 4.69) is 22.4 Å². The van der Waals surface area contributed by atoms with Crippen molar-refractivity contribution in [1.29, 1.82) is 0 Å². The Morgan fingerprint density at radius 1 is 1.22 bits per heavy atom. The first kappa shape index (κ1) is 12.6. The Labute approximate surface area is 112 Å². The minimum absolute atomic E-state index is 0.729. The van der Waals surface area contributed by atoms with E-state index in [1.165, 1.54) is 0 Å². The molecule has 4 heteroatoms. The maximum Gasteiger partial charge on any atom is 0.146 e. The van der Waals surface area contributed by atoms with Crippen molar-refractivity contribution in [3.8, 4) is 0 Å². The average Bonchev–Trinajstić information content (AvgIpc) is 2.42. The van der Waals surface area contributed by atoms with Gasteiger partial charge in [0.05, 0.1) is 5.71 Å². The van der Waals surface area contributed by atoms with Gasteiger partial charge in [-0.15, -0.1) is 0 Å². The van der Waals surface area contributed by atoms with Gasteiger partial charge in [0.1, 0.15) is 5.82 Å². The quantitative estimate of drug-likeness (QED) is 0.667. The number of nitrogens with one attached hydrogen (secondary N) is 1. The van der Waals surface area contributed by atoms with E-state index in [0.717, 1.165) is 28.5 Å². The van der Waals surface area contributed by atoms with Crippen LogP contribution in [0.25, 0.3) is 0 Å². The fourth-order valence-electron chi connectivity index (χ4n) is 1.54.